The Morgan fingerprint density at radius 3 is 2.41 bits per heavy atom. The Hall–Kier alpha value is -0.190. The van der Waals surface area contributed by atoms with Crippen molar-refractivity contribution < 1.29 is 26.7 Å². The highest BCUT2D eigenvalue weighted by atomic mass is 127. The zero-order valence-corrected chi connectivity index (χ0v) is 11.6. The number of halogens is 7. The maximum Gasteiger partial charge on any atom is 0.574 e. The first-order valence-corrected chi connectivity index (χ1v) is 6.23. The van der Waals surface area contributed by atoms with Crippen LogP contribution in [0.4, 0.5) is 22.0 Å². The Labute approximate surface area is 115 Å². The second kappa shape index (κ2) is 5.63. The van der Waals surface area contributed by atoms with Gasteiger partial charge in [0.15, 0.2) is 0 Å². The minimum absolute atomic E-state index is 0.0128. The lowest BCUT2D eigenvalue weighted by Gasteiger charge is -2.13. The first-order valence-electron chi connectivity index (χ1n) is 4.03. The van der Waals surface area contributed by atoms with Crippen molar-refractivity contribution in [3.63, 3.8) is 0 Å². The normalized spacial score (nSPS) is 12.0. The molecule has 0 amide bonds. The number of nitrogens with zero attached hydrogens (tertiary/aromatic N) is 1. The van der Waals surface area contributed by atoms with E-state index >= 15 is 0 Å². The fourth-order valence-electron chi connectivity index (χ4n) is 1.00. The number of pyridine rings is 1. The fraction of sp³-hybridized carbons (Fsp3) is 0.375. The number of rotatable bonds is 3. The second-order valence-electron chi connectivity index (χ2n) is 2.80. The molecular formula is C8H4BrF5INO. The third-order valence-corrected chi connectivity index (χ3v) is 3.00. The van der Waals surface area contributed by atoms with Crippen LogP contribution in [0.2, 0.25) is 0 Å². The Kier molecular flexibility index (Phi) is 4.93. The van der Waals surface area contributed by atoms with E-state index in [0.717, 1.165) is 0 Å². The van der Waals surface area contributed by atoms with Gasteiger partial charge in [0.25, 0.3) is 6.43 Å². The fourth-order valence-corrected chi connectivity index (χ4v) is 2.06. The summed E-state index contributed by atoms with van der Waals surface area (Å²) < 4.78 is 64.6. The van der Waals surface area contributed by atoms with Crippen LogP contribution in [0.3, 0.4) is 0 Å². The van der Waals surface area contributed by atoms with Gasteiger partial charge in [-0.3, -0.25) is 0 Å². The van der Waals surface area contributed by atoms with E-state index in [2.05, 4.69) is 25.7 Å². The lowest BCUT2D eigenvalue weighted by molar-refractivity contribution is -0.276. The molecular weight excluding hydrogens is 428 g/mol. The molecule has 0 aromatic carbocycles. The lowest BCUT2D eigenvalue weighted by atomic mass is 10.2. The molecule has 0 aliphatic heterocycles. The number of ether oxygens (including phenoxy) is 1. The Bertz CT molecular complexity index is 412. The largest absolute Gasteiger partial charge is 0.574 e. The molecule has 1 rings (SSSR count). The molecule has 0 atom stereocenters. The number of hydrogen-bond acceptors (Lipinski definition) is 2. The molecule has 1 aromatic rings. The van der Waals surface area contributed by atoms with Crippen LogP contribution in [0.1, 0.15) is 17.7 Å². The van der Waals surface area contributed by atoms with E-state index in [-0.39, 0.29) is 14.5 Å². The van der Waals surface area contributed by atoms with Gasteiger partial charge in [-0.05, 0) is 34.2 Å². The summed E-state index contributed by atoms with van der Waals surface area (Å²) in [4.78, 5) is 3.20. The molecule has 1 aromatic heterocycles. The molecule has 0 unspecified atom stereocenters. The van der Waals surface area contributed by atoms with E-state index in [1.54, 1.807) is 0 Å². The summed E-state index contributed by atoms with van der Waals surface area (Å²) in [7, 11) is 0. The molecule has 9 heteroatoms. The van der Waals surface area contributed by atoms with Crippen LogP contribution in [0.15, 0.2) is 6.07 Å². The molecule has 0 aliphatic rings. The maximum atomic E-state index is 12.5. The molecule has 0 fully saturated rings. The van der Waals surface area contributed by atoms with Crippen LogP contribution < -0.4 is 4.74 Å². The van der Waals surface area contributed by atoms with Crippen molar-refractivity contribution in [2.45, 2.75) is 18.1 Å². The minimum Gasteiger partial charge on any atom is -0.387 e. The van der Waals surface area contributed by atoms with Crippen molar-refractivity contribution in [1.29, 1.82) is 0 Å². The van der Waals surface area contributed by atoms with Gasteiger partial charge in [0.2, 0.25) is 5.88 Å². The molecule has 0 bridgehead atoms. The zero-order chi connectivity index (χ0) is 13.2. The molecule has 17 heavy (non-hydrogen) atoms. The topological polar surface area (TPSA) is 22.1 Å². The van der Waals surface area contributed by atoms with E-state index in [4.69, 9.17) is 0 Å². The van der Waals surface area contributed by atoms with E-state index in [1.807, 2.05) is 0 Å². The van der Waals surface area contributed by atoms with Gasteiger partial charge in [-0.25, -0.2) is 13.8 Å². The van der Waals surface area contributed by atoms with Crippen LogP contribution in [-0.4, -0.2) is 11.3 Å². The summed E-state index contributed by atoms with van der Waals surface area (Å²) in [6, 6.07) is 1.17. The average molecular weight is 432 g/mol. The molecule has 0 radical (unpaired) electrons. The molecule has 2 nitrogen and oxygen atoms in total. The first-order chi connectivity index (χ1) is 7.74. The first kappa shape index (κ1) is 14.9. The third kappa shape index (κ3) is 4.19. The van der Waals surface area contributed by atoms with Crippen molar-refractivity contribution in [1.82, 2.24) is 4.98 Å². The summed E-state index contributed by atoms with van der Waals surface area (Å²) in [5.74, 6) is -0.863. The highest BCUT2D eigenvalue weighted by Crippen LogP contribution is 2.31. The molecule has 0 spiro atoms. The van der Waals surface area contributed by atoms with E-state index in [1.165, 1.54) is 28.7 Å². The van der Waals surface area contributed by atoms with Gasteiger partial charge in [-0.15, -0.1) is 13.2 Å². The van der Waals surface area contributed by atoms with Gasteiger partial charge in [0, 0.05) is 5.33 Å². The maximum absolute atomic E-state index is 12.5. The van der Waals surface area contributed by atoms with Crippen molar-refractivity contribution in [2.75, 3.05) is 0 Å². The Morgan fingerprint density at radius 2 is 2.00 bits per heavy atom. The summed E-state index contributed by atoms with van der Waals surface area (Å²) in [6.45, 7) is 0. The van der Waals surface area contributed by atoms with Crippen LogP contribution in [0, 0.1) is 3.57 Å². The SMILES string of the molecule is FC(F)c1nc(OC(F)(F)F)c(I)cc1CBr. The van der Waals surface area contributed by atoms with Gasteiger partial charge in [0.05, 0.1) is 3.57 Å². The highest BCUT2D eigenvalue weighted by Gasteiger charge is 2.33. The minimum atomic E-state index is -4.96. The Balaban J connectivity index is 3.20. The smallest absolute Gasteiger partial charge is 0.387 e. The summed E-state index contributed by atoms with van der Waals surface area (Å²) in [5, 5.41) is 0.0714. The molecule has 96 valence electrons. The van der Waals surface area contributed by atoms with Crippen molar-refractivity contribution >= 4 is 38.5 Å². The van der Waals surface area contributed by atoms with Crippen molar-refractivity contribution in [3.05, 3.63) is 20.9 Å². The molecule has 0 saturated carbocycles. The van der Waals surface area contributed by atoms with Gasteiger partial charge in [0.1, 0.15) is 5.69 Å². The van der Waals surface area contributed by atoms with Gasteiger partial charge in [-0.1, -0.05) is 15.9 Å². The van der Waals surface area contributed by atoms with Crippen LogP contribution in [0.25, 0.3) is 0 Å². The van der Waals surface area contributed by atoms with Crippen LogP contribution >= 0.6 is 38.5 Å². The van der Waals surface area contributed by atoms with Crippen molar-refractivity contribution in [3.8, 4) is 5.88 Å². The summed E-state index contributed by atoms with van der Waals surface area (Å²) in [6.07, 6.45) is -7.92. The quantitative estimate of drug-likeness (QED) is 0.401. The summed E-state index contributed by atoms with van der Waals surface area (Å²) in [5.41, 5.74) is -0.597. The third-order valence-electron chi connectivity index (χ3n) is 1.62. The number of hydrogen-bond donors (Lipinski definition) is 0. The van der Waals surface area contributed by atoms with Crippen LogP contribution in [-0.2, 0) is 5.33 Å². The summed E-state index contributed by atoms with van der Waals surface area (Å²) >= 11 is 4.49. The van der Waals surface area contributed by atoms with Gasteiger partial charge in [-0.2, -0.15) is 0 Å². The van der Waals surface area contributed by atoms with Crippen LogP contribution in [0.5, 0.6) is 5.88 Å². The number of alkyl halides is 6. The second-order valence-corrected chi connectivity index (χ2v) is 4.52. The van der Waals surface area contributed by atoms with E-state index in [9.17, 15) is 22.0 Å². The molecule has 0 aliphatic carbocycles. The van der Waals surface area contributed by atoms with Crippen molar-refractivity contribution in [2.24, 2.45) is 0 Å². The zero-order valence-electron chi connectivity index (χ0n) is 7.86. The standard InChI is InChI=1S/C8H4BrF5INO/c9-2-3-1-4(15)7(17-8(12,13)14)16-5(3)6(10)11/h1,6H,2H2. The predicted octanol–water partition coefficient (Wildman–Crippen LogP) is 4.42. The monoisotopic (exact) mass is 431 g/mol. The Morgan fingerprint density at radius 1 is 1.41 bits per heavy atom. The number of aromatic nitrogens is 1. The van der Waals surface area contributed by atoms with E-state index in [0.29, 0.717) is 0 Å². The van der Waals surface area contributed by atoms with Gasteiger partial charge >= 0.3 is 6.36 Å². The molecule has 0 saturated heterocycles. The predicted molar refractivity (Wildman–Crippen MR) is 61.2 cm³/mol. The lowest BCUT2D eigenvalue weighted by Crippen LogP contribution is -2.19. The van der Waals surface area contributed by atoms with Gasteiger partial charge < -0.3 is 4.74 Å². The molecule has 0 N–H and O–H groups in total. The highest BCUT2D eigenvalue weighted by molar-refractivity contribution is 14.1. The van der Waals surface area contributed by atoms with E-state index < -0.39 is 24.4 Å². The molecule has 1 heterocycles. The average Bonchev–Trinajstić information content (AvgIpc) is 2.18.